The summed E-state index contributed by atoms with van der Waals surface area (Å²) in [7, 11) is 0. The topological polar surface area (TPSA) is 12.9 Å². The predicted molar refractivity (Wildman–Crippen MR) is 72.6 cm³/mol. The Labute approximate surface area is 103 Å². The molecule has 1 aromatic carbocycles. The van der Waals surface area contributed by atoms with E-state index in [0.717, 1.165) is 0 Å². The summed E-state index contributed by atoms with van der Waals surface area (Å²) < 4.78 is 0. The normalized spacial score (nSPS) is 14.6. The molecule has 0 spiro atoms. The standard InChI is InChI=1S/C16H19N/c1-10(2)15-13-7-4-6-12(13)11(3)16-14(15)8-5-9-17-16/h5,8-10H,4,6-7H2,1-3H3. The molecule has 0 bridgehead atoms. The van der Waals surface area contributed by atoms with Crippen molar-refractivity contribution in [2.75, 3.05) is 0 Å². The lowest BCUT2D eigenvalue weighted by atomic mass is 9.88. The minimum absolute atomic E-state index is 0.592. The van der Waals surface area contributed by atoms with Crippen LogP contribution in [0.5, 0.6) is 0 Å². The van der Waals surface area contributed by atoms with E-state index in [2.05, 4.69) is 37.9 Å². The Bertz CT molecular complexity index is 582. The van der Waals surface area contributed by atoms with Crippen molar-refractivity contribution in [3.8, 4) is 0 Å². The Balaban J connectivity index is 2.48. The summed E-state index contributed by atoms with van der Waals surface area (Å²) in [5, 5.41) is 1.38. The summed E-state index contributed by atoms with van der Waals surface area (Å²) in [6.07, 6.45) is 5.73. The van der Waals surface area contributed by atoms with Gasteiger partial charge in [-0.3, -0.25) is 4.98 Å². The van der Waals surface area contributed by atoms with Crippen molar-refractivity contribution in [1.82, 2.24) is 4.98 Å². The molecule has 1 heterocycles. The van der Waals surface area contributed by atoms with Crippen LogP contribution in [0.15, 0.2) is 18.3 Å². The number of rotatable bonds is 1. The van der Waals surface area contributed by atoms with E-state index in [0.29, 0.717) is 5.92 Å². The second-order valence-electron chi connectivity index (χ2n) is 5.40. The zero-order chi connectivity index (χ0) is 12.0. The molecular formula is C16H19N. The first-order valence-electron chi connectivity index (χ1n) is 6.59. The third-order valence-electron chi connectivity index (χ3n) is 4.03. The van der Waals surface area contributed by atoms with Crippen LogP contribution >= 0.6 is 0 Å². The van der Waals surface area contributed by atoms with Crippen molar-refractivity contribution in [3.05, 3.63) is 40.6 Å². The summed E-state index contributed by atoms with van der Waals surface area (Å²) in [5.74, 6) is 0.592. The van der Waals surface area contributed by atoms with Gasteiger partial charge in [0, 0.05) is 11.6 Å². The largest absolute Gasteiger partial charge is 0.256 e. The third kappa shape index (κ3) is 1.49. The van der Waals surface area contributed by atoms with Crippen molar-refractivity contribution in [3.63, 3.8) is 0 Å². The smallest absolute Gasteiger partial charge is 0.0736 e. The molecule has 1 heteroatoms. The number of hydrogen-bond acceptors (Lipinski definition) is 1. The summed E-state index contributed by atoms with van der Waals surface area (Å²) in [6.45, 7) is 6.84. The lowest BCUT2D eigenvalue weighted by molar-refractivity contribution is 0.846. The van der Waals surface area contributed by atoms with Crippen LogP contribution in [0, 0.1) is 6.92 Å². The average molecular weight is 225 g/mol. The molecule has 0 aliphatic heterocycles. The van der Waals surface area contributed by atoms with E-state index in [4.69, 9.17) is 0 Å². The Morgan fingerprint density at radius 3 is 2.71 bits per heavy atom. The van der Waals surface area contributed by atoms with Crippen LogP contribution in [0.25, 0.3) is 10.9 Å². The molecule has 3 rings (SSSR count). The van der Waals surface area contributed by atoms with Crippen molar-refractivity contribution < 1.29 is 0 Å². The zero-order valence-corrected chi connectivity index (χ0v) is 10.9. The lowest BCUT2D eigenvalue weighted by Gasteiger charge is -2.18. The number of pyridine rings is 1. The van der Waals surface area contributed by atoms with Crippen LogP contribution < -0.4 is 0 Å². The van der Waals surface area contributed by atoms with Crippen LogP contribution in [0.2, 0.25) is 0 Å². The van der Waals surface area contributed by atoms with Crippen LogP contribution in [-0.2, 0) is 12.8 Å². The molecule has 0 unspecified atom stereocenters. The van der Waals surface area contributed by atoms with Gasteiger partial charge in [0.05, 0.1) is 5.52 Å². The minimum atomic E-state index is 0.592. The molecule has 0 saturated heterocycles. The van der Waals surface area contributed by atoms with E-state index >= 15 is 0 Å². The van der Waals surface area contributed by atoms with Gasteiger partial charge in [0.1, 0.15) is 0 Å². The molecule has 0 atom stereocenters. The first-order chi connectivity index (χ1) is 8.20. The van der Waals surface area contributed by atoms with Crippen LogP contribution in [-0.4, -0.2) is 4.98 Å². The van der Waals surface area contributed by atoms with Crippen molar-refractivity contribution in [2.45, 2.75) is 46.0 Å². The first kappa shape index (κ1) is 10.8. The number of nitrogens with zero attached hydrogens (tertiary/aromatic N) is 1. The van der Waals surface area contributed by atoms with Crippen LogP contribution in [0.1, 0.15) is 48.4 Å². The van der Waals surface area contributed by atoms with Gasteiger partial charge in [0.15, 0.2) is 0 Å². The molecule has 2 aromatic rings. The zero-order valence-electron chi connectivity index (χ0n) is 10.9. The summed E-state index contributed by atoms with van der Waals surface area (Å²) in [5.41, 5.74) is 7.39. The number of aryl methyl sites for hydroxylation is 1. The van der Waals surface area contributed by atoms with E-state index in [9.17, 15) is 0 Å². The summed E-state index contributed by atoms with van der Waals surface area (Å²) in [6, 6.07) is 4.30. The Kier molecular flexibility index (Phi) is 2.43. The fraction of sp³-hybridized carbons (Fsp3) is 0.438. The average Bonchev–Trinajstić information content (AvgIpc) is 2.78. The van der Waals surface area contributed by atoms with E-state index in [1.54, 1.807) is 16.7 Å². The number of aromatic nitrogens is 1. The van der Waals surface area contributed by atoms with Gasteiger partial charge in [-0.15, -0.1) is 0 Å². The molecule has 88 valence electrons. The Hall–Kier alpha value is -1.37. The van der Waals surface area contributed by atoms with E-state index < -0.39 is 0 Å². The highest BCUT2D eigenvalue weighted by molar-refractivity contribution is 5.88. The van der Waals surface area contributed by atoms with Crippen molar-refractivity contribution >= 4 is 10.9 Å². The predicted octanol–water partition coefficient (Wildman–Crippen LogP) is 4.16. The highest BCUT2D eigenvalue weighted by atomic mass is 14.7. The van der Waals surface area contributed by atoms with Crippen LogP contribution in [0.3, 0.4) is 0 Å². The second-order valence-corrected chi connectivity index (χ2v) is 5.40. The SMILES string of the molecule is Cc1c2c(c(C(C)C)c3cccnc13)CCC2. The maximum Gasteiger partial charge on any atom is 0.0736 e. The van der Waals surface area contributed by atoms with Gasteiger partial charge in [-0.05, 0) is 60.4 Å². The molecule has 0 amide bonds. The fourth-order valence-electron chi connectivity index (χ4n) is 3.34. The van der Waals surface area contributed by atoms with E-state index in [1.807, 2.05) is 6.20 Å². The van der Waals surface area contributed by atoms with E-state index in [-0.39, 0.29) is 0 Å². The quantitative estimate of drug-likeness (QED) is 0.710. The maximum atomic E-state index is 4.60. The lowest BCUT2D eigenvalue weighted by Crippen LogP contribution is -2.01. The molecule has 0 fully saturated rings. The molecule has 1 aliphatic rings. The van der Waals surface area contributed by atoms with Crippen molar-refractivity contribution in [2.24, 2.45) is 0 Å². The maximum absolute atomic E-state index is 4.60. The Morgan fingerprint density at radius 2 is 1.94 bits per heavy atom. The first-order valence-corrected chi connectivity index (χ1v) is 6.59. The molecule has 17 heavy (non-hydrogen) atoms. The molecule has 1 aromatic heterocycles. The number of benzene rings is 1. The second kappa shape index (κ2) is 3.83. The van der Waals surface area contributed by atoms with E-state index in [1.165, 1.54) is 35.7 Å². The van der Waals surface area contributed by atoms with Gasteiger partial charge in [-0.25, -0.2) is 0 Å². The summed E-state index contributed by atoms with van der Waals surface area (Å²) in [4.78, 5) is 4.60. The molecular weight excluding hydrogens is 206 g/mol. The van der Waals surface area contributed by atoms with Gasteiger partial charge in [-0.2, -0.15) is 0 Å². The van der Waals surface area contributed by atoms with Gasteiger partial charge in [-0.1, -0.05) is 19.9 Å². The van der Waals surface area contributed by atoms with Gasteiger partial charge in [0.2, 0.25) is 0 Å². The molecule has 0 radical (unpaired) electrons. The van der Waals surface area contributed by atoms with Gasteiger partial charge in [0.25, 0.3) is 0 Å². The summed E-state index contributed by atoms with van der Waals surface area (Å²) >= 11 is 0. The monoisotopic (exact) mass is 225 g/mol. The van der Waals surface area contributed by atoms with Gasteiger partial charge >= 0.3 is 0 Å². The third-order valence-corrected chi connectivity index (χ3v) is 4.03. The van der Waals surface area contributed by atoms with Crippen LogP contribution in [0.4, 0.5) is 0 Å². The number of fused-ring (bicyclic) bond motifs is 2. The fourth-order valence-corrected chi connectivity index (χ4v) is 3.34. The Morgan fingerprint density at radius 1 is 1.18 bits per heavy atom. The molecule has 0 N–H and O–H groups in total. The molecule has 0 saturated carbocycles. The minimum Gasteiger partial charge on any atom is -0.256 e. The molecule has 1 aliphatic carbocycles. The van der Waals surface area contributed by atoms with Gasteiger partial charge < -0.3 is 0 Å². The highest BCUT2D eigenvalue weighted by Gasteiger charge is 2.22. The number of hydrogen-bond donors (Lipinski definition) is 0. The highest BCUT2D eigenvalue weighted by Crippen LogP contribution is 2.38. The molecule has 1 nitrogen and oxygen atoms in total. The van der Waals surface area contributed by atoms with Crippen molar-refractivity contribution in [1.29, 1.82) is 0 Å².